The number of aliphatic hydroxyl groups is 1. The van der Waals surface area contributed by atoms with E-state index in [-0.39, 0.29) is 25.7 Å². The second-order valence-electron chi connectivity index (χ2n) is 27.4. The number of hydrogen-bond acceptors (Lipinski definition) is 15. The second kappa shape index (κ2) is 64.7. The van der Waals surface area contributed by atoms with Crippen LogP contribution in [0.1, 0.15) is 376 Å². The van der Waals surface area contributed by atoms with Gasteiger partial charge in [-0.25, -0.2) is 9.13 Å². The lowest BCUT2D eigenvalue weighted by atomic mass is 9.99. The summed E-state index contributed by atoms with van der Waals surface area (Å²) < 4.78 is 68.3. The molecule has 0 saturated carbocycles. The Bertz CT molecular complexity index is 1820. The van der Waals surface area contributed by atoms with Crippen LogP contribution in [-0.2, 0) is 65.4 Å². The van der Waals surface area contributed by atoms with E-state index in [1.54, 1.807) is 0 Å². The van der Waals surface area contributed by atoms with E-state index in [0.717, 1.165) is 120 Å². The predicted octanol–water partition coefficient (Wildman–Crippen LogP) is 21.4. The zero-order chi connectivity index (χ0) is 68.7. The fourth-order valence-corrected chi connectivity index (χ4v) is 12.7. The molecule has 0 aromatic carbocycles. The molecule has 0 aromatic heterocycles. The van der Waals surface area contributed by atoms with E-state index in [0.29, 0.717) is 25.7 Å². The van der Waals surface area contributed by atoms with Gasteiger partial charge in [0.05, 0.1) is 26.4 Å². The summed E-state index contributed by atoms with van der Waals surface area (Å²) in [5, 5.41) is 10.6. The van der Waals surface area contributed by atoms with E-state index < -0.39 is 97.5 Å². The van der Waals surface area contributed by atoms with Crippen LogP contribution in [0.5, 0.6) is 0 Å². The second-order valence-corrected chi connectivity index (χ2v) is 30.3. The Hall–Kier alpha value is -1.94. The fourth-order valence-electron chi connectivity index (χ4n) is 11.2. The number of ether oxygens (including phenoxy) is 4. The molecule has 0 amide bonds. The number of hydrogen-bond donors (Lipinski definition) is 3. The van der Waals surface area contributed by atoms with Crippen molar-refractivity contribution in [3.63, 3.8) is 0 Å². The fraction of sp³-hybridized carbons (Fsp3) is 0.946. The van der Waals surface area contributed by atoms with Gasteiger partial charge in [-0.2, -0.15) is 0 Å². The molecule has 552 valence electrons. The third-order valence-electron chi connectivity index (χ3n) is 18.2. The number of carbonyl (C=O) groups is 4. The van der Waals surface area contributed by atoms with E-state index in [9.17, 15) is 43.2 Å². The summed E-state index contributed by atoms with van der Waals surface area (Å²) >= 11 is 0. The molecule has 3 N–H and O–H groups in total. The monoisotopic (exact) mass is 1370 g/mol. The van der Waals surface area contributed by atoms with Crippen LogP contribution in [-0.4, -0.2) is 96.7 Å². The Balaban J connectivity index is 5.15. The molecular formula is C74H144O17P2. The maximum atomic E-state index is 13.1. The molecule has 17 nitrogen and oxygen atoms in total. The molecule has 0 fully saturated rings. The van der Waals surface area contributed by atoms with Crippen LogP contribution in [0.4, 0.5) is 0 Å². The molecule has 19 heteroatoms. The highest BCUT2D eigenvalue weighted by atomic mass is 31.2. The molecule has 0 radical (unpaired) electrons. The smallest absolute Gasteiger partial charge is 0.462 e. The van der Waals surface area contributed by atoms with Gasteiger partial charge in [0.25, 0.3) is 0 Å². The maximum Gasteiger partial charge on any atom is 0.472 e. The minimum atomic E-state index is -4.95. The van der Waals surface area contributed by atoms with Gasteiger partial charge in [0, 0.05) is 25.7 Å². The van der Waals surface area contributed by atoms with Gasteiger partial charge in [0.1, 0.15) is 19.3 Å². The summed E-state index contributed by atoms with van der Waals surface area (Å²) in [7, 11) is -9.90. The molecule has 0 rings (SSSR count). The molecule has 5 unspecified atom stereocenters. The minimum Gasteiger partial charge on any atom is -0.462 e. The van der Waals surface area contributed by atoms with Crippen molar-refractivity contribution in [1.29, 1.82) is 0 Å². The van der Waals surface area contributed by atoms with Crippen molar-refractivity contribution in [2.45, 2.75) is 394 Å². The summed E-state index contributed by atoms with van der Waals surface area (Å²) in [6.45, 7) is 11.9. The minimum absolute atomic E-state index is 0.104. The first-order chi connectivity index (χ1) is 44.8. The molecule has 0 aromatic rings. The molecule has 0 aliphatic heterocycles. The van der Waals surface area contributed by atoms with Gasteiger partial charge in [0.2, 0.25) is 0 Å². The van der Waals surface area contributed by atoms with Crippen molar-refractivity contribution in [2.24, 2.45) is 17.8 Å². The van der Waals surface area contributed by atoms with Crippen LogP contribution in [0.2, 0.25) is 0 Å². The van der Waals surface area contributed by atoms with Crippen LogP contribution < -0.4 is 0 Å². The van der Waals surface area contributed by atoms with Crippen molar-refractivity contribution < 1.29 is 80.2 Å². The molecule has 0 heterocycles. The zero-order valence-corrected chi connectivity index (χ0v) is 62.5. The number of rotatable bonds is 72. The average Bonchev–Trinajstić information content (AvgIpc) is 2.72. The molecule has 0 bridgehead atoms. The zero-order valence-electron chi connectivity index (χ0n) is 60.7. The molecule has 0 spiro atoms. The first-order valence-corrected chi connectivity index (χ1v) is 41.5. The summed E-state index contributed by atoms with van der Waals surface area (Å²) in [6.07, 6.45) is 50.1. The van der Waals surface area contributed by atoms with Crippen LogP contribution in [0.15, 0.2) is 0 Å². The number of aliphatic hydroxyl groups excluding tert-OH is 1. The van der Waals surface area contributed by atoms with E-state index in [1.807, 2.05) is 0 Å². The lowest BCUT2D eigenvalue weighted by Crippen LogP contribution is -2.30. The third-order valence-corrected chi connectivity index (χ3v) is 20.1. The van der Waals surface area contributed by atoms with Gasteiger partial charge in [-0.1, -0.05) is 325 Å². The van der Waals surface area contributed by atoms with Gasteiger partial charge in [-0.15, -0.1) is 0 Å². The number of unbranched alkanes of at least 4 members (excludes halogenated alkanes) is 37. The standard InChI is InChI=1S/C74H144O17P2/c1-8-12-13-14-31-41-48-55-71(76)84-61-69(91-74(79)58-51-44-37-30-28-34-40-47-54-67(7)11-4)63-88-92(80,81)86-59-68(75)60-87-93(82,83)89-64-70(62-85-72(77)56-49-42-35-29-27-33-39-46-53-66(6)10-3)90-73(78)57-50-43-36-26-24-22-20-18-16-15-17-19-21-23-25-32-38-45-52-65(5)9-2/h65-70,75H,8-64H2,1-7H3,(H,80,81)(H,82,83)/t65?,66?,67?,68-,69+,70+/m0/s1. The number of phosphoric acid groups is 2. The molecule has 93 heavy (non-hydrogen) atoms. The molecule has 0 aliphatic rings. The SMILES string of the molecule is CCCCCCCCCC(=O)OC[C@H](COP(=O)(O)OC[C@H](O)COP(=O)(O)OC[C@@H](COC(=O)CCCCCCCCCCC(C)CC)OC(=O)CCCCCCCCCCCCCCCCCCCCC(C)CC)OC(=O)CCCCCCCCCCC(C)CC. The molecular weight excluding hydrogens is 1220 g/mol. The van der Waals surface area contributed by atoms with Crippen LogP contribution in [0.25, 0.3) is 0 Å². The van der Waals surface area contributed by atoms with Gasteiger partial charge in [0.15, 0.2) is 12.2 Å². The Morgan fingerprint density at radius 3 is 0.763 bits per heavy atom. The lowest BCUT2D eigenvalue weighted by molar-refractivity contribution is -0.161. The summed E-state index contributed by atoms with van der Waals surface area (Å²) in [5.41, 5.74) is 0. The molecule has 8 atom stereocenters. The van der Waals surface area contributed by atoms with Crippen molar-refractivity contribution in [1.82, 2.24) is 0 Å². The predicted molar refractivity (Wildman–Crippen MR) is 377 cm³/mol. The van der Waals surface area contributed by atoms with E-state index in [2.05, 4.69) is 48.5 Å². The highest BCUT2D eigenvalue weighted by molar-refractivity contribution is 7.47. The van der Waals surface area contributed by atoms with Gasteiger partial charge in [-0.3, -0.25) is 37.3 Å². The summed E-state index contributed by atoms with van der Waals surface area (Å²) in [5.74, 6) is 0.290. The van der Waals surface area contributed by atoms with Crippen molar-refractivity contribution >= 4 is 39.5 Å². The van der Waals surface area contributed by atoms with Crippen molar-refractivity contribution in [3.8, 4) is 0 Å². The average molecular weight is 1370 g/mol. The normalized spacial score (nSPS) is 15.0. The van der Waals surface area contributed by atoms with Crippen molar-refractivity contribution in [2.75, 3.05) is 39.6 Å². The summed E-state index contributed by atoms with van der Waals surface area (Å²) in [6, 6.07) is 0. The highest BCUT2D eigenvalue weighted by Crippen LogP contribution is 2.45. The largest absolute Gasteiger partial charge is 0.472 e. The van der Waals surface area contributed by atoms with E-state index in [4.69, 9.17) is 37.0 Å². The lowest BCUT2D eigenvalue weighted by Gasteiger charge is -2.21. The maximum absolute atomic E-state index is 13.1. The van der Waals surface area contributed by atoms with Crippen LogP contribution in [0, 0.1) is 17.8 Å². The van der Waals surface area contributed by atoms with Crippen LogP contribution in [0.3, 0.4) is 0 Å². The van der Waals surface area contributed by atoms with Crippen molar-refractivity contribution in [3.05, 3.63) is 0 Å². The Morgan fingerprint density at radius 1 is 0.301 bits per heavy atom. The van der Waals surface area contributed by atoms with Gasteiger partial charge < -0.3 is 33.8 Å². The number of carbonyl (C=O) groups excluding carboxylic acids is 4. The Labute approximate surface area is 568 Å². The topological polar surface area (TPSA) is 237 Å². The molecule has 0 saturated heterocycles. The first kappa shape index (κ1) is 91.1. The van der Waals surface area contributed by atoms with Crippen LogP contribution >= 0.6 is 15.6 Å². The van der Waals surface area contributed by atoms with E-state index >= 15 is 0 Å². The van der Waals surface area contributed by atoms with Gasteiger partial charge in [-0.05, 0) is 43.4 Å². The Kier molecular flexibility index (Phi) is 63.4. The number of esters is 4. The molecule has 0 aliphatic carbocycles. The summed E-state index contributed by atoms with van der Waals surface area (Å²) in [4.78, 5) is 72.5. The third kappa shape index (κ3) is 64.5. The number of phosphoric ester groups is 2. The van der Waals surface area contributed by atoms with E-state index in [1.165, 1.54) is 173 Å². The first-order valence-electron chi connectivity index (χ1n) is 38.5. The highest BCUT2D eigenvalue weighted by Gasteiger charge is 2.30. The quantitative estimate of drug-likeness (QED) is 0.0222. The van der Waals surface area contributed by atoms with Gasteiger partial charge >= 0.3 is 39.5 Å². The Morgan fingerprint density at radius 2 is 0.516 bits per heavy atom.